The fraction of sp³-hybridized carbons (Fsp3) is 0.200. The number of nitro groups is 1. The number of hydrogen-bond acceptors (Lipinski definition) is 6. The molecule has 7 heteroatoms. The predicted molar refractivity (Wildman–Crippen MR) is 61.0 cm³/mol. The molecule has 0 aliphatic carbocycles. The van der Waals surface area contributed by atoms with Crippen LogP contribution in [-0.2, 0) is 9.53 Å². The number of pyridine rings is 1. The first-order valence-corrected chi connectivity index (χ1v) is 4.79. The van der Waals surface area contributed by atoms with E-state index < -0.39 is 10.9 Å². The van der Waals surface area contributed by atoms with Crippen LogP contribution in [0.3, 0.4) is 0 Å². The molecular formula is C10H11N3O4. The third-order valence-corrected chi connectivity index (χ3v) is 1.88. The number of esters is 1. The number of nitrogen functional groups attached to an aromatic ring is 1. The van der Waals surface area contributed by atoms with Crippen LogP contribution in [0.5, 0.6) is 0 Å². The van der Waals surface area contributed by atoms with Gasteiger partial charge < -0.3 is 10.5 Å². The van der Waals surface area contributed by atoms with Crippen molar-refractivity contribution in [2.75, 3.05) is 12.3 Å². The van der Waals surface area contributed by atoms with E-state index in [2.05, 4.69) is 9.72 Å². The van der Waals surface area contributed by atoms with E-state index in [0.29, 0.717) is 5.56 Å². The Morgan fingerprint density at radius 1 is 1.65 bits per heavy atom. The number of carbonyl (C=O) groups is 1. The molecule has 1 aromatic rings. The molecule has 0 spiro atoms. The maximum absolute atomic E-state index is 11.0. The van der Waals surface area contributed by atoms with Gasteiger partial charge >= 0.3 is 11.7 Å². The maximum atomic E-state index is 11.0. The van der Waals surface area contributed by atoms with Gasteiger partial charge in [-0.2, -0.15) is 0 Å². The standard InChI is InChI=1S/C10H11N3O4/c1-2-17-9(14)4-3-7-5-12-6-8(10(7)11)13(15)16/h3-6H,2H2,1H3,(H2,11,12). The molecule has 1 aromatic heterocycles. The number of carbonyl (C=O) groups excluding carboxylic acids is 1. The minimum Gasteiger partial charge on any atom is -0.463 e. The number of aromatic nitrogens is 1. The number of nitrogens with zero attached hydrogens (tertiary/aromatic N) is 2. The highest BCUT2D eigenvalue weighted by Crippen LogP contribution is 2.24. The van der Waals surface area contributed by atoms with Gasteiger partial charge in [0.15, 0.2) is 0 Å². The Bertz CT molecular complexity index is 471. The molecule has 1 heterocycles. The lowest BCUT2D eigenvalue weighted by Gasteiger charge is -2.00. The van der Waals surface area contributed by atoms with Crippen LogP contribution in [0.15, 0.2) is 18.5 Å². The van der Waals surface area contributed by atoms with E-state index in [-0.39, 0.29) is 18.0 Å². The van der Waals surface area contributed by atoms with Gasteiger partial charge in [-0.05, 0) is 13.0 Å². The summed E-state index contributed by atoms with van der Waals surface area (Å²) in [4.78, 5) is 24.7. The fourth-order valence-electron chi connectivity index (χ4n) is 1.10. The maximum Gasteiger partial charge on any atom is 0.330 e. The smallest absolute Gasteiger partial charge is 0.330 e. The fourth-order valence-corrected chi connectivity index (χ4v) is 1.10. The normalized spacial score (nSPS) is 10.4. The summed E-state index contributed by atoms with van der Waals surface area (Å²) in [6, 6.07) is 0. The van der Waals surface area contributed by atoms with Crippen LogP contribution in [0.4, 0.5) is 11.4 Å². The Balaban J connectivity index is 2.96. The molecule has 0 aliphatic rings. The van der Waals surface area contributed by atoms with Crippen LogP contribution in [0.1, 0.15) is 12.5 Å². The zero-order valence-electron chi connectivity index (χ0n) is 9.12. The minimum atomic E-state index is -0.635. The quantitative estimate of drug-likeness (QED) is 0.364. The second-order valence-corrected chi connectivity index (χ2v) is 3.00. The number of hydrogen-bond donors (Lipinski definition) is 1. The van der Waals surface area contributed by atoms with Crippen LogP contribution in [0.2, 0.25) is 0 Å². The molecule has 0 aliphatic heterocycles. The van der Waals surface area contributed by atoms with Crippen LogP contribution in [0, 0.1) is 10.1 Å². The lowest BCUT2D eigenvalue weighted by Crippen LogP contribution is -2.01. The van der Waals surface area contributed by atoms with Crippen LogP contribution in [0.25, 0.3) is 6.08 Å². The third-order valence-electron chi connectivity index (χ3n) is 1.88. The van der Waals surface area contributed by atoms with E-state index >= 15 is 0 Å². The lowest BCUT2D eigenvalue weighted by molar-refractivity contribution is -0.384. The average Bonchev–Trinajstić information content (AvgIpc) is 2.27. The predicted octanol–water partition coefficient (Wildman–Crippen LogP) is 1.15. The van der Waals surface area contributed by atoms with E-state index in [1.807, 2.05) is 0 Å². The zero-order valence-corrected chi connectivity index (χ0v) is 9.12. The van der Waals surface area contributed by atoms with Gasteiger partial charge in [0.1, 0.15) is 11.9 Å². The van der Waals surface area contributed by atoms with Crippen LogP contribution < -0.4 is 5.73 Å². The number of nitrogens with two attached hydrogens (primary N) is 1. The van der Waals surface area contributed by atoms with Gasteiger partial charge in [0.05, 0.1) is 11.5 Å². The molecule has 0 fully saturated rings. The van der Waals surface area contributed by atoms with Crippen molar-refractivity contribution in [2.45, 2.75) is 6.92 Å². The Morgan fingerprint density at radius 2 is 2.35 bits per heavy atom. The van der Waals surface area contributed by atoms with Crippen molar-refractivity contribution >= 4 is 23.4 Å². The molecule has 0 unspecified atom stereocenters. The first-order chi connectivity index (χ1) is 8.06. The Morgan fingerprint density at radius 3 is 2.94 bits per heavy atom. The molecule has 0 saturated heterocycles. The van der Waals surface area contributed by atoms with Gasteiger partial charge in [0, 0.05) is 17.8 Å². The monoisotopic (exact) mass is 237 g/mol. The third kappa shape index (κ3) is 3.26. The van der Waals surface area contributed by atoms with E-state index in [9.17, 15) is 14.9 Å². The van der Waals surface area contributed by atoms with Crippen molar-refractivity contribution in [3.8, 4) is 0 Å². The number of ether oxygens (including phenoxy) is 1. The van der Waals surface area contributed by atoms with Crippen molar-refractivity contribution in [2.24, 2.45) is 0 Å². The SMILES string of the molecule is CCOC(=O)C=Cc1cncc([N+](=O)[O-])c1N. The first-order valence-electron chi connectivity index (χ1n) is 4.79. The summed E-state index contributed by atoms with van der Waals surface area (Å²) in [6.45, 7) is 1.93. The summed E-state index contributed by atoms with van der Waals surface area (Å²) in [7, 11) is 0. The van der Waals surface area contributed by atoms with E-state index in [4.69, 9.17) is 5.73 Å². The molecule has 0 aromatic carbocycles. The molecule has 0 atom stereocenters. The van der Waals surface area contributed by atoms with Crippen LogP contribution >= 0.6 is 0 Å². The summed E-state index contributed by atoms with van der Waals surface area (Å²) in [5.74, 6) is -0.543. The minimum absolute atomic E-state index is 0.0365. The van der Waals surface area contributed by atoms with Crippen molar-refractivity contribution in [1.29, 1.82) is 0 Å². The second-order valence-electron chi connectivity index (χ2n) is 3.00. The highest BCUT2D eigenvalue weighted by Gasteiger charge is 2.13. The van der Waals surface area contributed by atoms with Gasteiger partial charge in [-0.1, -0.05) is 0 Å². The molecule has 0 amide bonds. The molecule has 7 nitrogen and oxygen atoms in total. The highest BCUT2D eigenvalue weighted by molar-refractivity contribution is 5.88. The van der Waals surface area contributed by atoms with Crippen molar-refractivity contribution < 1.29 is 14.5 Å². The van der Waals surface area contributed by atoms with Crippen molar-refractivity contribution in [1.82, 2.24) is 4.98 Å². The molecule has 90 valence electrons. The molecule has 0 radical (unpaired) electrons. The van der Waals surface area contributed by atoms with E-state index in [1.54, 1.807) is 6.92 Å². The van der Waals surface area contributed by atoms with Crippen molar-refractivity contribution in [3.05, 3.63) is 34.1 Å². The lowest BCUT2D eigenvalue weighted by atomic mass is 10.2. The van der Waals surface area contributed by atoms with Gasteiger partial charge in [0.25, 0.3) is 0 Å². The summed E-state index contributed by atoms with van der Waals surface area (Å²) in [5.41, 5.74) is 5.53. The molecule has 0 saturated carbocycles. The molecular weight excluding hydrogens is 226 g/mol. The topological polar surface area (TPSA) is 108 Å². The number of anilines is 1. The Hall–Kier alpha value is -2.44. The largest absolute Gasteiger partial charge is 0.463 e. The Kier molecular flexibility index (Phi) is 4.15. The summed E-state index contributed by atoms with van der Waals surface area (Å²) in [6.07, 6.45) is 4.85. The molecule has 17 heavy (non-hydrogen) atoms. The summed E-state index contributed by atoms with van der Waals surface area (Å²) >= 11 is 0. The summed E-state index contributed by atoms with van der Waals surface area (Å²) < 4.78 is 4.66. The van der Waals surface area contributed by atoms with Crippen LogP contribution in [-0.4, -0.2) is 22.5 Å². The van der Waals surface area contributed by atoms with Gasteiger partial charge in [-0.3, -0.25) is 15.1 Å². The average molecular weight is 237 g/mol. The van der Waals surface area contributed by atoms with E-state index in [0.717, 1.165) is 12.3 Å². The number of rotatable bonds is 4. The van der Waals surface area contributed by atoms with Gasteiger partial charge in [-0.15, -0.1) is 0 Å². The Labute approximate surface area is 97.1 Å². The first kappa shape index (κ1) is 12.6. The second kappa shape index (κ2) is 5.59. The molecule has 1 rings (SSSR count). The molecule has 2 N–H and O–H groups in total. The summed E-state index contributed by atoms with van der Waals surface area (Å²) in [5, 5.41) is 10.6. The van der Waals surface area contributed by atoms with Gasteiger partial charge in [0.2, 0.25) is 0 Å². The molecule has 0 bridgehead atoms. The van der Waals surface area contributed by atoms with Gasteiger partial charge in [-0.25, -0.2) is 4.79 Å². The zero-order chi connectivity index (χ0) is 12.8. The van der Waals surface area contributed by atoms with Crippen molar-refractivity contribution in [3.63, 3.8) is 0 Å². The highest BCUT2D eigenvalue weighted by atomic mass is 16.6. The van der Waals surface area contributed by atoms with E-state index in [1.165, 1.54) is 12.3 Å².